The highest BCUT2D eigenvalue weighted by atomic mass is 32.2. The van der Waals surface area contributed by atoms with E-state index in [4.69, 9.17) is 9.47 Å². The molecule has 1 amide bonds. The SMILES string of the molecule is CCOC(=O)C1(c2ccc(NC(=O)[C@H]3CCCN(S(=O)(=O)c4ccc(OCC)c(C)c4)C3)cc2)CC1. The predicted molar refractivity (Wildman–Crippen MR) is 136 cm³/mol. The van der Waals surface area contributed by atoms with Gasteiger partial charge < -0.3 is 14.8 Å². The van der Waals surface area contributed by atoms with Crippen LogP contribution in [0, 0.1) is 12.8 Å². The number of carbonyl (C=O) groups excluding carboxylic acids is 2. The largest absolute Gasteiger partial charge is 0.494 e. The van der Waals surface area contributed by atoms with Gasteiger partial charge in [-0.25, -0.2) is 8.42 Å². The van der Waals surface area contributed by atoms with Crippen LogP contribution in [-0.2, 0) is 29.8 Å². The molecule has 0 aromatic heterocycles. The van der Waals surface area contributed by atoms with Crippen LogP contribution in [0.1, 0.15) is 50.7 Å². The van der Waals surface area contributed by atoms with Gasteiger partial charge in [0.1, 0.15) is 5.75 Å². The molecule has 2 fully saturated rings. The minimum atomic E-state index is -3.73. The second-order valence-electron chi connectivity index (χ2n) is 9.43. The standard InChI is InChI=1S/C27H34N2O6S/c1-4-34-24-13-12-23(17-19(24)3)36(32,33)29-16-6-7-20(18-29)25(30)28-22-10-8-21(9-11-22)27(14-15-27)26(31)35-5-2/h8-13,17,20H,4-7,14-16,18H2,1-3H3,(H,28,30)/t20-/m0/s1. The molecule has 0 radical (unpaired) electrons. The smallest absolute Gasteiger partial charge is 0.316 e. The molecule has 194 valence electrons. The molecule has 1 atom stereocenters. The van der Waals surface area contributed by atoms with Gasteiger partial charge in [0, 0.05) is 18.8 Å². The molecule has 1 heterocycles. The van der Waals surface area contributed by atoms with Crippen molar-refractivity contribution in [2.45, 2.75) is 56.8 Å². The number of anilines is 1. The van der Waals surface area contributed by atoms with Gasteiger partial charge in [0.2, 0.25) is 15.9 Å². The van der Waals surface area contributed by atoms with Crippen LogP contribution >= 0.6 is 0 Å². The van der Waals surface area contributed by atoms with Crippen molar-refractivity contribution in [3.8, 4) is 5.75 Å². The maximum absolute atomic E-state index is 13.3. The fourth-order valence-electron chi connectivity index (χ4n) is 4.75. The lowest BCUT2D eigenvalue weighted by atomic mass is 9.95. The van der Waals surface area contributed by atoms with Crippen LogP contribution in [0.3, 0.4) is 0 Å². The Bertz CT molecular complexity index is 1220. The van der Waals surface area contributed by atoms with Gasteiger partial charge in [0.15, 0.2) is 0 Å². The molecule has 2 aromatic carbocycles. The van der Waals surface area contributed by atoms with Crippen molar-refractivity contribution >= 4 is 27.6 Å². The van der Waals surface area contributed by atoms with Crippen LogP contribution in [0.4, 0.5) is 5.69 Å². The van der Waals surface area contributed by atoms with E-state index < -0.39 is 21.4 Å². The lowest BCUT2D eigenvalue weighted by Gasteiger charge is -2.31. The van der Waals surface area contributed by atoms with Crippen molar-refractivity contribution in [3.63, 3.8) is 0 Å². The van der Waals surface area contributed by atoms with Crippen LogP contribution in [0.15, 0.2) is 47.4 Å². The summed E-state index contributed by atoms with van der Waals surface area (Å²) in [7, 11) is -3.73. The Balaban J connectivity index is 1.41. The summed E-state index contributed by atoms with van der Waals surface area (Å²) < 4.78 is 38.7. The Hall–Kier alpha value is -2.91. The number of nitrogens with one attached hydrogen (secondary N) is 1. The van der Waals surface area contributed by atoms with Crippen LogP contribution < -0.4 is 10.1 Å². The van der Waals surface area contributed by atoms with E-state index in [-0.39, 0.29) is 23.3 Å². The molecule has 36 heavy (non-hydrogen) atoms. The lowest BCUT2D eigenvalue weighted by Crippen LogP contribution is -2.43. The Labute approximate surface area is 213 Å². The van der Waals surface area contributed by atoms with Crippen molar-refractivity contribution in [3.05, 3.63) is 53.6 Å². The summed E-state index contributed by atoms with van der Waals surface area (Å²) in [5, 5.41) is 2.91. The van der Waals surface area contributed by atoms with Crippen LogP contribution in [0.2, 0.25) is 0 Å². The Morgan fingerprint density at radius 2 is 1.81 bits per heavy atom. The average molecular weight is 515 g/mol. The average Bonchev–Trinajstić information content (AvgIpc) is 3.68. The Morgan fingerprint density at radius 1 is 1.08 bits per heavy atom. The minimum absolute atomic E-state index is 0.129. The zero-order valence-corrected chi connectivity index (χ0v) is 21.9. The van der Waals surface area contributed by atoms with E-state index in [0.29, 0.717) is 44.0 Å². The van der Waals surface area contributed by atoms with Gasteiger partial charge in [-0.05, 0) is 87.9 Å². The molecule has 1 saturated carbocycles. The molecule has 9 heteroatoms. The van der Waals surface area contributed by atoms with Crippen molar-refractivity contribution < 1.29 is 27.5 Å². The van der Waals surface area contributed by atoms with Crippen molar-refractivity contribution in [1.82, 2.24) is 4.31 Å². The second-order valence-corrected chi connectivity index (χ2v) is 11.4. The van der Waals surface area contributed by atoms with Crippen molar-refractivity contribution in [2.75, 3.05) is 31.6 Å². The van der Waals surface area contributed by atoms with E-state index in [1.165, 1.54) is 4.31 Å². The highest BCUT2D eigenvalue weighted by molar-refractivity contribution is 7.89. The van der Waals surface area contributed by atoms with Gasteiger partial charge in [-0.15, -0.1) is 0 Å². The number of sulfonamides is 1. The Kier molecular flexibility index (Phi) is 7.70. The zero-order chi connectivity index (χ0) is 25.9. The highest BCUT2D eigenvalue weighted by Gasteiger charge is 2.52. The first-order chi connectivity index (χ1) is 17.2. The molecule has 8 nitrogen and oxygen atoms in total. The number of hydrogen-bond donors (Lipinski definition) is 1. The summed E-state index contributed by atoms with van der Waals surface area (Å²) in [5.41, 5.74) is 1.70. The van der Waals surface area contributed by atoms with Crippen LogP contribution in [0.5, 0.6) is 5.75 Å². The lowest BCUT2D eigenvalue weighted by molar-refractivity contribution is -0.146. The van der Waals surface area contributed by atoms with Crippen LogP contribution in [0.25, 0.3) is 0 Å². The van der Waals surface area contributed by atoms with E-state index in [1.807, 2.05) is 26.0 Å². The number of benzene rings is 2. The number of ether oxygens (including phenoxy) is 2. The monoisotopic (exact) mass is 514 g/mol. The van der Waals surface area contributed by atoms with Gasteiger partial charge in [-0.1, -0.05) is 12.1 Å². The number of nitrogens with zero attached hydrogens (tertiary/aromatic N) is 1. The normalized spacial score (nSPS) is 19.4. The zero-order valence-electron chi connectivity index (χ0n) is 21.1. The molecule has 1 saturated heterocycles. The molecule has 0 bridgehead atoms. The van der Waals surface area contributed by atoms with Gasteiger partial charge in [0.05, 0.1) is 29.4 Å². The summed E-state index contributed by atoms with van der Waals surface area (Å²) in [6.07, 6.45) is 2.74. The summed E-state index contributed by atoms with van der Waals surface area (Å²) >= 11 is 0. The number of esters is 1. The predicted octanol–water partition coefficient (Wildman–Crippen LogP) is 4.03. The third kappa shape index (κ3) is 5.27. The highest BCUT2D eigenvalue weighted by Crippen LogP contribution is 2.49. The van der Waals surface area contributed by atoms with Gasteiger partial charge >= 0.3 is 5.97 Å². The quantitative estimate of drug-likeness (QED) is 0.507. The molecule has 2 aliphatic rings. The van der Waals surface area contributed by atoms with E-state index >= 15 is 0 Å². The van der Waals surface area contributed by atoms with Crippen LogP contribution in [-0.4, -0.2) is 50.9 Å². The third-order valence-corrected chi connectivity index (χ3v) is 8.82. The minimum Gasteiger partial charge on any atom is -0.494 e. The first kappa shape index (κ1) is 26.2. The van der Waals surface area contributed by atoms with E-state index in [2.05, 4.69) is 5.32 Å². The van der Waals surface area contributed by atoms with E-state index in [9.17, 15) is 18.0 Å². The molecule has 0 spiro atoms. The number of rotatable bonds is 9. The molecule has 1 aliphatic heterocycles. The molecule has 0 unspecified atom stereocenters. The van der Waals surface area contributed by atoms with E-state index in [0.717, 1.165) is 24.0 Å². The third-order valence-electron chi connectivity index (χ3n) is 6.96. The Morgan fingerprint density at radius 3 is 2.42 bits per heavy atom. The summed E-state index contributed by atoms with van der Waals surface area (Å²) in [6.45, 7) is 6.85. The summed E-state index contributed by atoms with van der Waals surface area (Å²) in [6, 6.07) is 12.1. The molecular weight excluding hydrogens is 480 g/mol. The molecule has 1 aliphatic carbocycles. The number of piperidine rings is 1. The fraction of sp³-hybridized carbons (Fsp3) is 0.481. The molecule has 2 aromatic rings. The molecular formula is C27H34N2O6S. The van der Waals surface area contributed by atoms with Gasteiger partial charge in [-0.2, -0.15) is 4.31 Å². The van der Waals surface area contributed by atoms with E-state index in [1.54, 1.807) is 37.3 Å². The van der Waals surface area contributed by atoms with Gasteiger partial charge in [0.25, 0.3) is 0 Å². The topological polar surface area (TPSA) is 102 Å². The molecule has 1 N–H and O–H groups in total. The fourth-order valence-corrected chi connectivity index (χ4v) is 6.35. The summed E-state index contributed by atoms with van der Waals surface area (Å²) in [5.74, 6) is -0.204. The maximum Gasteiger partial charge on any atom is 0.316 e. The first-order valence-corrected chi connectivity index (χ1v) is 14.0. The molecule has 4 rings (SSSR count). The number of aryl methyl sites for hydroxylation is 1. The van der Waals surface area contributed by atoms with Gasteiger partial charge in [-0.3, -0.25) is 9.59 Å². The number of amides is 1. The maximum atomic E-state index is 13.3. The van der Waals surface area contributed by atoms with Crippen molar-refractivity contribution in [1.29, 1.82) is 0 Å². The van der Waals surface area contributed by atoms with Crippen molar-refractivity contribution in [2.24, 2.45) is 5.92 Å². The second kappa shape index (κ2) is 10.6. The first-order valence-electron chi connectivity index (χ1n) is 12.5. The number of carbonyl (C=O) groups is 2. The number of hydrogen-bond acceptors (Lipinski definition) is 6. The summed E-state index contributed by atoms with van der Waals surface area (Å²) in [4.78, 5) is 25.5.